The SMILES string of the molecule is CCOC(=O)C(N)C(=O)N1CCOC2CCCCC21. The molecule has 1 heterocycles. The van der Waals surface area contributed by atoms with E-state index < -0.39 is 12.0 Å². The number of hydrogen-bond acceptors (Lipinski definition) is 5. The first kappa shape index (κ1) is 14.3. The molecule has 2 N–H and O–H groups in total. The number of ether oxygens (including phenoxy) is 2. The lowest BCUT2D eigenvalue weighted by Crippen LogP contribution is -2.59. The second-order valence-corrected chi connectivity index (χ2v) is 5.02. The molecule has 3 atom stereocenters. The molecule has 0 aromatic carbocycles. The Kier molecular flexibility index (Phi) is 4.76. The van der Waals surface area contributed by atoms with E-state index in [0.29, 0.717) is 13.2 Å². The van der Waals surface area contributed by atoms with Crippen LogP contribution >= 0.6 is 0 Å². The van der Waals surface area contributed by atoms with Gasteiger partial charge in [-0.15, -0.1) is 0 Å². The third-order valence-corrected chi connectivity index (χ3v) is 3.82. The minimum Gasteiger partial charge on any atom is -0.464 e. The summed E-state index contributed by atoms with van der Waals surface area (Å²) in [5.41, 5.74) is 5.69. The van der Waals surface area contributed by atoms with E-state index in [-0.39, 0.29) is 24.7 Å². The predicted octanol–water partition coefficient (Wildman–Crippen LogP) is 0.0468. The summed E-state index contributed by atoms with van der Waals surface area (Å²) in [5.74, 6) is -0.981. The van der Waals surface area contributed by atoms with Gasteiger partial charge in [0.15, 0.2) is 6.04 Å². The van der Waals surface area contributed by atoms with Gasteiger partial charge in [0.1, 0.15) is 0 Å². The highest BCUT2D eigenvalue weighted by molar-refractivity contribution is 6.01. The van der Waals surface area contributed by atoms with Crippen molar-refractivity contribution in [1.82, 2.24) is 4.90 Å². The Bertz CT molecular complexity index is 346. The van der Waals surface area contributed by atoms with Crippen molar-refractivity contribution in [3.05, 3.63) is 0 Å². The van der Waals surface area contributed by atoms with Crippen LogP contribution in [0.1, 0.15) is 32.6 Å². The number of morpholine rings is 1. The first-order valence-corrected chi connectivity index (χ1v) is 6.99. The summed E-state index contributed by atoms with van der Waals surface area (Å²) in [4.78, 5) is 25.6. The van der Waals surface area contributed by atoms with Crippen molar-refractivity contribution < 1.29 is 19.1 Å². The van der Waals surface area contributed by atoms with Gasteiger partial charge < -0.3 is 20.1 Å². The van der Waals surface area contributed by atoms with Crippen LogP contribution in [0, 0.1) is 0 Å². The number of nitrogens with zero attached hydrogens (tertiary/aromatic N) is 1. The van der Waals surface area contributed by atoms with E-state index in [2.05, 4.69) is 0 Å². The molecule has 1 saturated heterocycles. The van der Waals surface area contributed by atoms with Gasteiger partial charge >= 0.3 is 5.97 Å². The number of hydrogen-bond donors (Lipinski definition) is 1. The summed E-state index contributed by atoms with van der Waals surface area (Å²) >= 11 is 0. The van der Waals surface area contributed by atoms with Crippen LogP contribution in [-0.2, 0) is 19.1 Å². The fourth-order valence-corrected chi connectivity index (χ4v) is 2.88. The largest absolute Gasteiger partial charge is 0.464 e. The quantitative estimate of drug-likeness (QED) is 0.578. The number of esters is 1. The van der Waals surface area contributed by atoms with Crippen LogP contribution in [0.25, 0.3) is 0 Å². The molecule has 1 aliphatic carbocycles. The van der Waals surface area contributed by atoms with Crippen LogP contribution in [0.4, 0.5) is 0 Å². The topological polar surface area (TPSA) is 81.9 Å². The lowest BCUT2D eigenvalue weighted by molar-refractivity contribution is -0.159. The maximum Gasteiger partial charge on any atom is 0.332 e. The first-order chi connectivity index (χ1) is 9.15. The second kappa shape index (κ2) is 6.34. The Labute approximate surface area is 113 Å². The number of nitrogens with two attached hydrogens (primary N) is 1. The molecular formula is C13H22N2O4. The Morgan fingerprint density at radius 2 is 2.16 bits per heavy atom. The molecule has 0 radical (unpaired) electrons. The number of amides is 1. The lowest BCUT2D eigenvalue weighted by Gasteiger charge is -2.44. The van der Waals surface area contributed by atoms with Crippen molar-refractivity contribution in [3.63, 3.8) is 0 Å². The molecule has 1 amide bonds. The normalized spacial score (nSPS) is 28.4. The molecule has 0 bridgehead atoms. The number of carbonyl (C=O) groups is 2. The van der Waals surface area contributed by atoms with Gasteiger partial charge in [-0.1, -0.05) is 12.8 Å². The van der Waals surface area contributed by atoms with Crippen LogP contribution in [0.5, 0.6) is 0 Å². The zero-order chi connectivity index (χ0) is 13.8. The minimum atomic E-state index is -1.21. The maximum absolute atomic E-state index is 12.3. The van der Waals surface area contributed by atoms with E-state index >= 15 is 0 Å². The standard InChI is InChI=1S/C13H22N2O4/c1-2-18-13(17)11(14)12(16)15-7-8-19-10-6-4-3-5-9(10)15/h9-11H,2-8,14H2,1H3. The molecule has 2 fully saturated rings. The Balaban J connectivity index is 2.02. The summed E-state index contributed by atoms with van der Waals surface area (Å²) in [6, 6.07) is -1.14. The number of carbonyl (C=O) groups excluding carboxylic acids is 2. The summed E-state index contributed by atoms with van der Waals surface area (Å²) in [7, 11) is 0. The average molecular weight is 270 g/mol. The van der Waals surface area contributed by atoms with E-state index in [9.17, 15) is 9.59 Å². The average Bonchev–Trinajstić information content (AvgIpc) is 2.45. The van der Waals surface area contributed by atoms with E-state index in [1.54, 1.807) is 11.8 Å². The molecule has 1 saturated carbocycles. The summed E-state index contributed by atoms with van der Waals surface area (Å²) in [5, 5.41) is 0. The monoisotopic (exact) mass is 270 g/mol. The summed E-state index contributed by atoms with van der Waals surface area (Å²) < 4.78 is 10.5. The molecule has 19 heavy (non-hydrogen) atoms. The van der Waals surface area contributed by atoms with Crippen molar-refractivity contribution in [2.75, 3.05) is 19.8 Å². The number of rotatable bonds is 3. The van der Waals surface area contributed by atoms with Crippen LogP contribution in [0.3, 0.4) is 0 Å². The molecule has 2 rings (SSSR count). The first-order valence-electron chi connectivity index (χ1n) is 6.99. The highest BCUT2D eigenvalue weighted by Gasteiger charge is 2.39. The fourth-order valence-electron chi connectivity index (χ4n) is 2.88. The highest BCUT2D eigenvalue weighted by Crippen LogP contribution is 2.28. The Morgan fingerprint density at radius 3 is 2.89 bits per heavy atom. The van der Waals surface area contributed by atoms with Gasteiger partial charge in [-0.05, 0) is 19.8 Å². The smallest absolute Gasteiger partial charge is 0.332 e. The lowest BCUT2D eigenvalue weighted by atomic mass is 9.90. The predicted molar refractivity (Wildman–Crippen MR) is 68.3 cm³/mol. The van der Waals surface area contributed by atoms with Crippen LogP contribution < -0.4 is 5.73 Å². The van der Waals surface area contributed by atoms with Gasteiger partial charge in [0.05, 0.1) is 25.4 Å². The Morgan fingerprint density at radius 1 is 1.42 bits per heavy atom. The van der Waals surface area contributed by atoms with Crippen molar-refractivity contribution in [2.24, 2.45) is 5.73 Å². The van der Waals surface area contributed by atoms with Crippen LogP contribution in [0.15, 0.2) is 0 Å². The zero-order valence-corrected chi connectivity index (χ0v) is 11.3. The van der Waals surface area contributed by atoms with Gasteiger partial charge in [-0.2, -0.15) is 0 Å². The van der Waals surface area contributed by atoms with Gasteiger partial charge in [-0.25, -0.2) is 4.79 Å². The molecule has 2 aliphatic rings. The molecule has 108 valence electrons. The van der Waals surface area contributed by atoms with Crippen molar-refractivity contribution >= 4 is 11.9 Å². The Hall–Kier alpha value is -1.14. The van der Waals surface area contributed by atoms with Crippen molar-refractivity contribution in [3.8, 4) is 0 Å². The third-order valence-electron chi connectivity index (χ3n) is 3.82. The zero-order valence-electron chi connectivity index (χ0n) is 11.3. The fraction of sp³-hybridized carbons (Fsp3) is 0.846. The number of fused-ring (bicyclic) bond motifs is 1. The van der Waals surface area contributed by atoms with E-state index in [1.807, 2.05) is 0 Å². The summed E-state index contributed by atoms with van der Waals surface area (Å²) in [6.45, 7) is 2.95. The van der Waals surface area contributed by atoms with Gasteiger partial charge in [0.2, 0.25) is 0 Å². The maximum atomic E-state index is 12.3. The molecule has 1 aliphatic heterocycles. The van der Waals surface area contributed by atoms with Crippen molar-refractivity contribution in [1.29, 1.82) is 0 Å². The van der Waals surface area contributed by atoms with Crippen LogP contribution in [0.2, 0.25) is 0 Å². The van der Waals surface area contributed by atoms with Gasteiger partial charge in [0.25, 0.3) is 5.91 Å². The van der Waals surface area contributed by atoms with E-state index in [0.717, 1.165) is 25.7 Å². The molecule has 0 aromatic heterocycles. The van der Waals surface area contributed by atoms with Gasteiger partial charge in [0, 0.05) is 6.54 Å². The third kappa shape index (κ3) is 3.06. The molecule has 6 heteroatoms. The molecule has 3 unspecified atom stereocenters. The second-order valence-electron chi connectivity index (χ2n) is 5.02. The molecule has 0 aromatic rings. The highest BCUT2D eigenvalue weighted by atomic mass is 16.5. The molecular weight excluding hydrogens is 248 g/mol. The molecule has 6 nitrogen and oxygen atoms in total. The van der Waals surface area contributed by atoms with Crippen LogP contribution in [-0.4, -0.2) is 54.7 Å². The summed E-state index contributed by atoms with van der Waals surface area (Å²) in [6.07, 6.45) is 4.21. The van der Waals surface area contributed by atoms with Crippen molar-refractivity contribution in [2.45, 2.75) is 50.8 Å². The van der Waals surface area contributed by atoms with Gasteiger partial charge in [-0.3, -0.25) is 4.79 Å². The van der Waals surface area contributed by atoms with E-state index in [1.165, 1.54) is 0 Å². The minimum absolute atomic E-state index is 0.0653. The van der Waals surface area contributed by atoms with E-state index in [4.69, 9.17) is 15.2 Å². The molecule has 0 spiro atoms.